The van der Waals surface area contributed by atoms with Crippen molar-refractivity contribution < 1.29 is 4.74 Å². The van der Waals surface area contributed by atoms with Gasteiger partial charge in [-0.15, -0.1) is 0 Å². The average Bonchev–Trinajstić information content (AvgIpc) is 2.82. The van der Waals surface area contributed by atoms with Crippen molar-refractivity contribution >= 4 is 0 Å². The van der Waals surface area contributed by atoms with E-state index in [1.54, 1.807) is 0 Å². The van der Waals surface area contributed by atoms with Crippen LogP contribution in [0.5, 0.6) is 0 Å². The Morgan fingerprint density at radius 2 is 1.83 bits per heavy atom. The summed E-state index contributed by atoms with van der Waals surface area (Å²) in [5.74, 6) is 0. The highest BCUT2D eigenvalue weighted by atomic mass is 16.5. The van der Waals surface area contributed by atoms with Crippen LogP contribution >= 0.6 is 0 Å². The largest absolute Gasteiger partial charge is 0.381 e. The molecule has 3 nitrogen and oxygen atoms in total. The van der Waals surface area contributed by atoms with Crippen LogP contribution in [-0.4, -0.2) is 49.8 Å². The van der Waals surface area contributed by atoms with Gasteiger partial charge in [0, 0.05) is 31.8 Å². The zero-order valence-corrected chi connectivity index (χ0v) is 14.4. The molecule has 23 heavy (non-hydrogen) atoms. The summed E-state index contributed by atoms with van der Waals surface area (Å²) in [7, 11) is 0. The number of nitrogens with zero attached hydrogens (tertiary/aromatic N) is 1. The SMILES string of the molecule is c1ccc(CCCN2CCCC[C@@H](NC3CCOCC3)C2)cc1. The summed E-state index contributed by atoms with van der Waals surface area (Å²) in [6, 6.07) is 12.3. The maximum atomic E-state index is 5.48. The van der Waals surface area contributed by atoms with Gasteiger partial charge in [0.25, 0.3) is 0 Å². The van der Waals surface area contributed by atoms with Crippen molar-refractivity contribution in [3.8, 4) is 0 Å². The molecule has 2 aliphatic rings. The molecule has 0 aliphatic carbocycles. The van der Waals surface area contributed by atoms with Gasteiger partial charge in [0.15, 0.2) is 0 Å². The van der Waals surface area contributed by atoms with Crippen molar-refractivity contribution in [3.05, 3.63) is 35.9 Å². The first-order valence-electron chi connectivity index (χ1n) is 9.50. The highest BCUT2D eigenvalue weighted by Gasteiger charge is 2.22. The van der Waals surface area contributed by atoms with Gasteiger partial charge in [-0.1, -0.05) is 36.8 Å². The molecule has 0 unspecified atom stereocenters. The average molecular weight is 316 g/mol. The Balaban J connectivity index is 1.41. The lowest BCUT2D eigenvalue weighted by molar-refractivity contribution is 0.0730. The normalized spacial score (nSPS) is 24.4. The highest BCUT2D eigenvalue weighted by Crippen LogP contribution is 2.15. The number of aryl methyl sites for hydroxylation is 1. The molecular weight excluding hydrogens is 284 g/mol. The Morgan fingerprint density at radius 1 is 1.00 bits per heavy atom. The summed E-state index contributed by atoms with van der Waals surface area (Å²) in [4.78, 5) is 2.69. The summed E-state index contributed by atoms with van der Waals surface area (Å²) in [6.45, 7) is 5.62. The first kappa shape index (κ1) is 16.9. The zero-order valence-electron chi connectivity index (χ0n) is 14.4. The molecular formula is C20H32N2O. The number of likely N-dealkylation sites (tertiary alicyclic amines) is 1. The van der Waals surface area contributed by atoms with E-state index >= 15 is 0 Å². The number of hydrogen-bond donors (Lipinski definition) is 1. The van der Waals surface area contributed by atoms with E-state index < -0.39 is 0 Å². The second-order valence-corrected chi connectivity index (χ2v) is 7.14. The molecule has 1 atom stereocenters. The van der Waals surface area contributed by atoms with Gasteiger partial charge >= 0.3 is 0 Å². The van der Waals surface area contributed by atoms with Crippen molar-refractivity contribution in [2.45, 2.75) is 57.0 Å². The van der Waals surface area contributed by atoms with E-state index in [4.69, 9.17) is 4.74 Å². The molecule has 1 aromatic carbocycles. The van der Waals surface area contributed by atoms with Crippen LogP contribution in [-0.2, 0) is 11.2 Å². The van der Waals surface area contributed by atoms with Gasteiger partial charge in [-0.3, -0.25) is 0 Å². The summed E-state index contributed by atoms with van der Waals surface area (Å²) in [6.07, 6.45) is 8.92. The zero-order chi connectivity index (χ0) is 15.7. The fourth-order valence-corrected chi connectivity index (χ4v) is 3.91. The van der Waals surface area contributed by atoms with Gasteiger partial charge < -0.3 is 15.0 Å². The molecule has 0 spiro atoms. The lowest BCUT2D eigenvalue weighted by Gasteiger charge is -2.30. The molecule has 3 heteroatoms. The van der Waals surface area contributed by atoms with E-state index in [9.17, 15) is 0 Å². The van der Waals surface area contributed by atoms with E-state index in [0.29, 0.717) is 12.1 Å². The Kier molecular flexibility index (Phi) is 6.93. The second-order valence-electron chi connectivity index (χ2n) is 7.14. The standard InChI is InChI=1S/C20H32N2O/c1-2-7-18(8-3-1)9-6-14-22-13-5-4-10-20(17-22)21-19-11-15-23-16-12-19/h1-3,7-8,19-21H,4-6,9-17H2/t20-/m1/s1. The van der Waals surface area contributed by atoms with Crippen LogP contribution < -0.4 is 5.32 Å². The summed E-state index contributed by atoms with van der Waals surface area (Å²) in [5.41, 5.74) is 1.47. The maximum Gasteiger partial charge on any atom is 0.0480 e. The van der Waals surface area contributed by atoms with Crippen LogP contribution in [0.15, 0.2) is 30.3 Å². The van der Waals surface area contributed by atoms with E-state index in [0.717, 1.165) is 13.2 Å². The van der Waals surface area contributed by atoms with Gasteiger partial charge in [-0.25, -0.2) is 0 Å². The summed E-state index contributed by atoms with van der Waals surface area (Å²) in [5, 5.41) is 3.91. The van der Waals surface area contributed by atoms with Crippen molar-refractivity contribution in [1.29, 1.82) is 0 Å². The van der Waals surface area contributed by atoms with Gasteiger partial charge in [0.2, 0.25) is 0 Å². The van der Waals surface area contributed by atoms with E-state index in [1.165, 1.54) is 70.1 Å². The number of ether oxygens (including phenoxy) is 1. The molecule has 3 rings (SSSR count). The lowest BCUT2D eigenvalue weighted by atomic mass is 10.1. The fourth-order valence-electron chi connectivity index (χ4n) is 3.91. The topological polar surface area (TPSA) is 24.5 Å². The number of nitrogens with one attached hydrogen (secondary N) is 1. The number of benzene rings is 1. The second kappa shape index (κ2) is 9.41. The minimum Gasteiger partial charge on any atom is -0.381 e. The molecule has 0 amide bonds. The van der Waals surface area contributed by atoms with Crippen LogP contribution in [0.1, 0.15) is 44.1 Å². The van der Waals surface area contributed by atoms with Gasteiger partial charge in [0.05, 0.1) is 0 Å². The Morgan fingerprint density at radius 3 is 2.65 bits per heavy atom. The predicted octanol–water partition coefficient (Wildman–Crippen LogP) is 3.24. The molecule has 2 aliphatic heterocycles. The molecule has 1 aromatic rings. The van der Waals surface area contributed by atoms with Crippen LogP contribution in [0.2, 0.25) is 0 Å². The van der Waals surface area contributed by atoms with Crippen molar-refractivity contribution in [2.24, 2.45) is 0 Å². The smallest absolute Gasteiger partial charge is 0.0480 e. The third-order valence-electron chi connectivity index (χ3n) is 5.23. The Hall–Kier alpha value is -0.900. The van der Waals surface area contributed by atoms with Gasteiger partial charge in [-0.2, -0.15) is 0 Å². The van der Waals surface area contributed by atoms with Crippen LogP contribution in [0.4, 0.5) is 0 Å². The summed E-state index contributed by atoms with van der Waals surface area (Å²) < 4.78 is 5.48. The quantitative estimate of drug-likeness (QED) is 0.872. The minimum absolute atomic E-state index is 0.678. The van der Waals surface area contributed by atoms with E-state index in [1.807, 2.05) is 0 Å². The molecule has 1 N–H and O–H groups in total. The molecule has 0 radical (unpaired) electrons. The third-order valence-corrected chi connectivity index (χ3v) is 5.23. The van der Waals surface area contributed by atoms with E-state index in [-0.39, 0.29) is 0 Å². The molecule has 0 aromatic heterocycles. The van der Waals surface area contributed by atoms with E-state index in [2.05, 4.69) is 40.5 Å². The first-order chi connectivity index (χ1) is 11.4. The number of hydrogen-bond acceptors (Lipinski definition) is 3. The van der Waals surface area contributed by atoms with Crippen LogP contribution in [0, 0.1) is 0 Å². The number of rotatable bonds is 6. The highest BCUT2D eigenvalue weighted by molar-refractivity contribution is 5.14. The minimum atomic E-state index is 0.678. The van der Waals surface area contributed by atoms with Gasteiger partial charge in [-0.05, 0) is 57.2 Å². The van der Waals surface area contributed by atoms with Crippen molar-refractivity contribution in [2.75, 3.05) is 32.8 Å². The lowest BCUT2D eigenvalue weighted by Crippen LogP contribution is -2.46. The molecule has 2 fully saturated rings. The van der Waals surface area contributed by atoms with Gasteiger partial charge in [0.1, 0.15) is 0 Å². The summed E-state index contributed by atoms with van der Waals surface area (Å²) >= 11 is 0. The Bertz CT molecular complexity index is 431. The first-order valence-corrected chi connectivity index (χ1v) is 9.50. The fraction of sp³-hybridized carbons (Fsp3) is 0.700. The monoisotopic (exact) mass is 316 g/mol. The molecule has 2 heterocycles. The predicted molar refractivity (Wildman–Crippen MR) is 95.8 cm³/mol. The van der Waals surface area contributed by atoms with Crippen molar-refractivity contribution in [1.82, 2.24) is 10.2 Å². The molecule has 128 valence electrons. The van der Waals surface area contributed by atoms with Crippen molar-refractivity contribution in [3.63, 3.8) is 0 Å². The maximum absolute atomic E-state index is 5.48. The molecule has 0 saturated carbocycles. The molecule has 0 bridgehead atoms. The molecule has 2 saturated heterocycles. The Labute approximate surface area is 141 Å². The van der Waals surface area contributed by atoms with Crippen LogP contribution in [0.25, 0.3) is 0 Å². The van der Waals surface area contributed by atoms with Crippen LogP contribution in [0.3, 0.4) is 0 Å². The third kappa shape index (κ3) is 5.91.